The average Bonchev–Trinajstić information content (AvgIpc) is 2.56. The fraction of sp³-hybridized carbons (Fsp3) is 0.381. The van der Waals surface area contributed by atoms with Gasteiger partial charge in [0.25, 0.3) is 0 Å². The summed E-state index contributed by atoms with van der Waals surface area (Å²) >= 11 is 0. The molecular formula is C21H26FNO2. The number of amides is 1. The molecule has 134 valence electrons. The first-order chi connectivity index (χ1) is 11.8. The second kappa shape index (κ2) is 8.65. The normalized spacial score (nSPS) is 11.2. The van der Waals surface area contributed by atoms with E-state index in [4.69, 9.17) is 4.74 Å². The first-order valence-electron chi connectivity index (χ1n) is 8.59. The number of benzene rings is 2. The summed E-state index contributed by atoms with van der Waals surface area (Å²) < 4.78 is 18.4. The molecule has 1 N–H and O–H groups in total. The van der Waals surface area contributed by atoms with Gasteiger partial charge in [0, 0.05) is 6.54 Å². The quantitative estimate of drug-likeness (QED) is 0.816. The lowest BCUT2D eigenvalue weighted by atomic mass is 9.87. The zero-order valence-electron chi connectivity index (χ0n) is 15.1. The van der Waals surface area contributed by atoms with Crippen LogP contribution in [0.25, 0.3) is 0 Å². The van der Waals surface area contributed by atoms with Gasteiger partial charge in [-0.05, 0) is 47.2 Å². The highest BCUT2D eigenvalue weighted by Gasteiger charge is 2.13. The molecule has 25 heavy (non-hydrogen) atoms. The predicted octanol–water partition coefficient (Wildman–Crippen LogP) is 4.25. The molecule has 2 rings (SSSR count). The van der Waals surface area contributed by atoms with Crippen LogP contribution in [0.3, 0.4) is 0 Å². The summed E-state index contributed by atoms with van der Waals surface area (Å²) in [4.78, 5) is 11.8. The van der Waals surface area contributed by atoms with E-state index in [2.05, 4.69) is 38.2 Å². The van der Waals surface area contributed by atoms with Gasteiger partial charge in [0.2, 0.25) is 5.91 Å². The Morgan fingerprint density at radius 1 is 1.04 bits per heavy atom. The Morgan fingerprint density at radius 2 is 1.68 bits per heavy atom. The van der Waals surface area contributed by atoms with Gasteiger partial charge in [-0.25, -0.2) is 4.39 Å². The minimum Gasteiger partial charge on any atom is -0.493 e. The van der Waals surface area contributed by atoms with Gasteiger partial charge in [0.15, 0.2) is 0 Å². The van der Waals surface area contributed by atoms with E-state index >= 15 is 0 Å². The summed E-state index contributed by atoms with van der Waals surface area (Å²) in [5.41, 5.74) is 2.36. The van der Waals surface area contributed by atoms with Crippen LogP contribution < -0.4 is 10.1 Å². The zero-order valence-corrected chi connectivity index (χ0v) is 15.1. The number of carbonyl (C=O) groups excluding carboxylic acids is 1. The van der Waals surface area contributed by atoms with Crippen molar-refractivity contribution < 1.29 is 13.9 Å². The third kappa shape index (κ3) is 6.57. The number of hydrogen-bond acceptors (Lipinski definition) is 2. The van der Waals surface area contributed by atoms with Gasteiger partial charge in [0.05, 0.1) is 13.0 Å². The Hall–Kier alpha value is -2.36. The van der Waals surface area contributed by atoms with Crippen LogP contribution in [-0.2, 0) is 16.6 Å². The summed E-state index contributed by atoms with van der Waals surface area (Å²) in [6.45, 7) is 7.37. The fourth-order valence-corrected chi connectivity index (χ4v) is 2.40. The molecule has 0 saturated heterocycles. The zero-order chi connectivity index (χ0) is 18.3. The molecule has 0 atom stereocenters. The highest BCUT2D eigenvalue weighted by molar-refractivity contribution is 5.75. The van der Waals surface area contributed by atoms with Crippen molar-refractivity contribution in [2.24, 2.45) is 0 Å². The average molecular weight is 343 g/mol. The Kier molecular flexibility index (Phi) is 6.57. The number of rotatable bonds is 7. The van der Waals surface area contributed by atoms with Crippen molar-refractivity contribution in [2.45, 2.75) is 39.0 Å². The Balaban J connectivity index is 1.65. The van der Waals surface area contributed by atoms with Crippen LogP contribution in [0.5, 0.6) is 5.75 Å². The topological polar surface area (TPSA) is 38.3 Å². The number of carbonyl (C=O) groups is 1. The molecule has 0 bridgehead atoms. The smallest absolute Gasteiger partial charge is 0.223 e. The molecule has 4 heteroatoms. The lowest BCUT2D eigenvalue weighted by molar-refractivity contribution is -0.121. The van der Waals surface area contributed by atoms with Gasteiger partial charge in [0.1, 0.15) is 11.6 Å². The van der Waals surface area contributed by atoms with E-state index in [1.54, 1.807) is 12.1 Å². The summed E-state index contributed by atoms with van der Waals surface area (Å²) in [6, 6.07) is 14.3. The maximum atomic E-state index is 12.8. The molecule has 0 aromatic heterocycles. The SMILES string of the molecule is CC(C)(C)c1ccc(OCCC(=O)NCCc2ccc(F)cc2)cc1. The minimum atomic E-state index is -0.250. The third-order valence-electron chi connectivity index (χ3n) is 3.97. The van der Waals surface area contributed by atoms with Crippen molar-refractivity contribution in [3.05, 3.63) is 65.5 Å². The van der Waals surface area contributed by atoms with E-state index in [1.165, 1.54) is 17.7 Å². The molecule has 0 saturated carbocycles. The summed E-state index contributed by atoms with van der Waals surface area (Å²) in [7, 11) is 0. The van der Waals surface area contributed by atoms with Gasteiger partial charge >= 0.3 is 0 Å². The molecule has 0 spiro atoms. The van der Waals surface area contributed by atoms with Crippen LogP contribution in [0, 0.1) is 5.82 Å². The van der Waals surface area contributed by atoms with Crippen molar-refractivity contribution in [2.75, 3.05) is 13.2 Å². The first-order valence-corrected chi connectivity index (χ1v) is 8.59. The van der Waals surface area contributed by atoms with E-state index in [9.17, 15) is 9.18 Å². The molecule has 3 nitrogen and oxygen atoms in total. The maximum Gasteiger partial charge on any atom is 0.223 e. The first kappa shape index (κ1) is 19.0. The molecular weight excluding hydrogens is 317 g/mol. The van der Waals surface area contributed by atoms with E-state index in [1.807, 2.05) is 12.1 Å². The van der Waals surface area contributed by atoms with Crippen molar-refractivity contribution in [3.63, 3.8) is 0 Å². The number of halogens is 1. The molecule has 0 aliphatic heterocycles. The Morgan fingerprint density at radius 3 is 2.28 bits per heavy atom. The molecule has 2 aromatic carbocycles. The minimum absolute atomic E-state index is 0.0478. The van der Waals surface area contributed by atoms with Gasteiger partial charge in [-0.15, -0.1) is 0 Å². The standard InChI is InChI=1S/C21H26FNO2/c1-21(2,3)17-6-10-19(11-7-17)25-15-13-20(24)23-14-12-16-4-8-18(22)9-5-16/h4-11H,12-15H2,1-3H3,(H,23,24). The summed E-state index contributed by atoms with van der Waals surface area (Å²) in [6.07, 6.45) is 0.992. The van der Waals surface area contributed by atoms with E-state index in [-0.39, 0.29) is 17.1 Å². The summed E-state index contributed by atoms with van der Waals surface area (Å²) in [5.74, 6) is 0.473. The lowest BCUT2D eigenvalue weighted by Crippen LogP contribution is -2.27. The third-order valence-corrected chi connectivity index (χ3v) is 3.97. The van der Waals surface area contributed by atoms with Crippen molar-refractivity contribution >= 4 is 5.91 Å². The largest absolute Gasteiger partial charge is 0.493 e. The second-order valence-electron chi connectivity index (χ2n) is 7.10. The van der Waals surface area contributed by atoms with Gasteiger partial charge in [-0.3, -0.25) is 4.79 Å². The molecule has 0 heterocycles. The number of nitrogens with one attached hydrogen (secondary N) is 1. The van der Waals surface area contributed by atoms with E-state index in [0.29, 0.717) is 26.0 Å². The Bertz CT molecular complexity index is 673. The number of ether oxygens (including phenoxy) is 1. The summed E-state index contributed by atoms with van der Waals surface area (Å²) in [5, 5.41) is 2.85. The van der Waals surface area contributed by atoms with Crippen LogP contribution in [0.15, 0.2) is 48.5 Å². The van der Waals surface area contributed by atoms with Gasteiger partial charge in [-0.2, -0.15) is 0 Å². The van der Waals surface area contributed by atoms with Crippen molar-refractivity contribution in [3.8, 4) is 5.75 Å². The molecule has 0 radical (unpaired) electrons. The highest BCUT2D eigenvalue weighted by atomic mass is 19.1. The van der Waals surface area contributed by atoms with E-state index < -0.39 is 0 Å². The van der Waals surface area contributed by atoms with Crippen LogP contribution >= 0.6 is 0 Å². The van der Waals surface area contributed by atoms with Crippen molar-refractivity contribution in [1.29, 1.82) is 0 Å². The maximum absolute atomic E-state index is 12.8. The lowest BCUT2D eigenvalue weighted by Gasteiger charge is -2.19. The van der Waals surface area contributed by atoms with Gasteiger partial charge in [-0.1, -0.05) is 45.0 Å². The second-order valence-corrected chi connectivity index (χ2v) is 7.10. The molecule has 0 unspecified atom stereocenters. The fourth-order valence-electron chi connectivity index (χ4n) is 2.40. The van der Waals surface area contributed by atoms with Crippen LogP contribution in [-0.4, -0.2) is 19.1 Å². The molecule has 2 aromatic rings. The van der Waals surface area contributed by atoms with E-state index in [0.717, 1.165) is 11.3 Å². The molecule has 1 amide bonds. The monoisotopic (exact) mass is 343 g/mol. The highest BCUT2D eigenvalue weighted by Crippen LogP contribution is 2.24. The van der Waals surface area contributed by atoms with Crippen LogP contribution in [0.2, 0.25) is 0 Å². The molecule has 0 aliphatic rings. The van der Waals surface area contributed by atoms with Crippen LogP contribution in [0.4, 0.5) is 4.39 Å². The number of hydrogen-bond donors (Lipinski definition) is 1. The van der Waals surface area contributed by atoms with Crippen LogP contribution in [0.1, 0.15) is 38.3 Å². The predicted molar refractivity (Wildman–Crippen MR) is 98.4 cm³/mol. The Labute approximate surface area is 149 Å². The van der Waals surface area contributed by atoms with Crippen molar-refractivity contribution in [1.82, 2.24) is 5.32 Å². The van der Waals surface area contributed by atoms with Gasteiger partial charge < -0.3 is 10.1 Å². The molecule has 0 fully saturated rings. The molecule has 0 aliphatic carbocycles.